The summed E-state index contributed by atoms with van der Waals surface area (Å²) < 4.78 is 11.8. The zero-order valence-electron chi connectivity index (χ0n) is 18.6. The van der Waals surface area contributed by atoms with Crippen molar-refractivity contribution in [1.82, 2.24) is 14.8 Å². The molecule has 0 spiro atoms. The molecule has 1 amide bonds. The second-order valence-corrected chi connectivity index (χ2v) is 9.31. The average molecular weight is 440 g/mol. The number of carbonyl (C=O) groups is 1. The first-order valence-electron chi connectivity index (χ1n) is 12.0. The van der Waals surface area contributed by atoms with Crippen LogP contribution in [0.25, 0.3) is 10.8 Å². The van der Waals surface area contributed by atoms with Gasteiger partial charge in [0.05, 0.1) is 19.8 Å². The Bertz CT molecular complexity index is 934. The van der Waals surface area contributed by atoms with E-state index in [1.54, 1.807) is 6.20 Å². The van der Waals surface area contributed by atoms with E-state index in [0.29, 0.717) is 32.7 Å². The molecule has 172 valence electrons. The van der Waals surface area contributed by atoms with E-state index in [-0.39, 0.29) is 12.0 Å². The minimum absolute atomic E-state index is 0.188. The third kappa shape index (κ3) is 4.09. The van der Waals surface area contributed by atoms with Crippen molar-refractivity contribution in [2.45, 2.75) is 56.3 Å². The van der Waals surface area contributed by atoms with Gasteiger partial charge in [0.1, 0.15) is 23.5 Å². The molecule has 32 heavy (non-hydrogen) atoms. The summed E-state index contributed by atoms with van der Waals surface area (Å²) in [6.07, 6.45) is 8.31. The summed E-state index contributed by atoms with van der Waals surface area (Å²) in [6.45, 7) is 3.93. The number of morpholine rings is 1. The second kappa shape index (κ2) is 9.33. The van der Waals surface area contributed by atoms with Crippen molar-refractivity contribution in [2.75, 3.05) is 39.4 Å². The molecule has 2 saturated heterocycles. The zero-order chi connectivity index (χ0) is 22.0. The van der Waals surface area contributed by atoms with Crippen LogP contribution in [0.5, 0.6) is 5.75 Å². The van der Waals surface area contributed by atoms with Gasteiger partial charge in [0, 0.05) is 49.2 Å². The SMILES string of the molecule is O=C(N1CC[C@@H](Oc2cccc3cnccc23)[C@H](O)C1)C1(N2CCOCC2)CCCCC1. The number of fused-ring (bicyclic) bond motifs is 1. The number of likely N-dealkylation sites (tertiary alicyclic amines) is 1. The minimum Gasteiger partial charge on any atom is -0.487 e. The number of hydrogen-bond acceptors (Lipinski definition) is 6. The molecule has 1 aliphatic carbocycles. The molecule has 1 aromatic carbocycles. The fourth-order valence-electron chi connectivity index (χ4n) is 5.68. The summed E-state index contributed by atoms with van der Waals surface area (Å²) in [5.41, 5.74) is -0.432. The monoisotopic (exact) mass is 439 g/mol. The number of carbonyl (C=O) groups excluding carboxylic acids is 1. The van der Waals surface area contributed by atoms with Crippen LogP contribution in [0.3, 0.4) is 0 Å². The van der Waals surface area contributed by atoms with Crippen LogP contribution in [0.4, 0.5) is 0 Å². The molecule has 0 radical (unpaired) electrons. The van der Waals surface area contributed by atoms with E-state index in [4.69, 9.17) is 9.47 Å². The molecule has 1 aromatic heterocycles. The van der Waals surface area contributed by atoms with Gasteiger partial charge in [-0.1, -0.05) is 31.4 Å². The van der Waals surface area contributed by atoms with Gasteiger partial charge in [0.2, 0.25) is 5.91 Å². The summed E-state index contributed by atoms with van der Waals surface area (Å²) in [6, 6.07) is 7.81. The van der Waals surface area contributed by atoms with Gasteiger partial charge in [-0.2, -0.15) is 0 Å². The van der Waals surface area contributed by atoms with Crippen LogP contribution < -0.4 is 4.74 Å². The Morgan fingerprint density at radius 3 is 2.72 bits per heavy atom. The van der Waals surface area contributed by atoms with Crippen molar-refractivity contribution in [3.8, 4) is 5.75 Å². The molecule has 0 bridgehead atoms. The van der Waals surface area contributed by atoms with Crippen LogP contribution in [0.2, 0.25) is 0 Å². The minimum atomic E-state index is -0.713. The number of hydrogen-bond donors (Lipinski definition) is 1. The van der Waals surface area contributed by atoms with E-state index in [1.165, 1.54) is 6.42 Å². The number of rotatable bonds is 4. The molecule has 0 unspecified atom stereocenters. The summed E-state index contributed by atoms with van der Waals surface area (Å²) in [5, 5.41) is 12.9. The number of aromatic nitrogens is 1. The Kier molecular flexibility index (Phi) is 6.31. The molecule has 5 rings (SSSR count). The predicted molar refractivity (Wildman–Crippen MR) is 122 cm³/mol. The van der Waals surface area contributed by atoms with E-state index in [1.807, 2.05) is 35.4 Å². The molecule has 2 atom stereocenters. The molecule has 2 aliphatic heterocycles. The lowest BCUT2D eigenvalue weighted by Crippen LogP contribution is -2.65. The standard InChI is InChI=1S/C25H33N3O4/c29-21-18-27(24(30)25(9-2-1-3-10-25)28-13-15-31-16-14-28)12-8-23(21)32-22-6-4-5-19-17-26-11-7-20(19)22/h4-7,11,17,21,23,29H,1-3,8-10,12-16,18H2/t21-,23-/m1/s1. The van der Waals surface area contributed by atoms with Gasteiger partial charge in [-0.15, -0.1) is 0 Å². The summed E-state index contributed by atoms with van der Waals surface area (Å²) in [4.78, 5) is 22.3. The number of nitrogens with zero attached hydrogens (tertiary/aromatic N) is 3. The molecule has 3 aliphatic rings. The van der Waals surface area contributed by atoms with E-state index in [0.717, 1.165) is 55.3 Å². The first-order valence-corrected chi connectivity index (χ1v) is 12.0. The van der Waals surface area contributed by atoms with Crippen molar-refractivity contribution in [2.24, 2.45) is 0 Å². The molecule has 3 fully saturated rings. The number of pyridine rings is 1. The molecule has 3 heterocycles. The van der Waals surface area contributed by atoms with E-state index < -0.39 is 11.6 Å². The van der Waals surface area contributed by atoms with Crippen molar-refractivity contribution in [3.63, 3.8) is 0 Å². The number of piperidine rings is 1. The molecule has 7 nitrogen and oxygen atoms in total. The maximum Gasteiger partial charge on any atom is 0.243 e. The highest BCUT2D eigenvalue weighted by Crippen LogP contribution is 2.37. The number of benzene rings is 1. The lowest BCUT2D eigenvalue weighted by Gasteiger charge is -2.49. The van der Waals surface area contributed by atoms with Crippen LogP contribution in [-0.2, 0) is 9.53 Å². The highest BCUT2D eigenvalue weighted by molar-refractivity contribution is 5.88. The fourth-order valence-corrected chi connectivity index (χ4v) is 5.68. The van der Waals surface area contributed by atoms with Gasteiger partial charge in [0.25, 0.3) is 0 Å². The largest absolute Gasteiger partial charge is 0.487 e. The third-order valence-electron chi connectivity index (χ3n) is 7.42. The maximum absolute atomic E-state index is 13.8. The van der Waals surface area contributed by atoms with E-state index in [9.17, 15) is 9.90 Å². The number of aliphatic hydroxyl groups is 1. The average Bonchev–Trinajstić information content (AvgIpc) is 2.86. The Morgan fingerprint density at radius 1 is 1.12 bits per heavy atom. The first-order chi connectivity index (χ1) is 15.7. The Labute approximate surface area is 189 Å². The van der Waals surface area contributed by atoms with Crippen LogP contribution >= 0.6 is 0 Å². The lowest BCUT2D eigenvalue weighted by atomic mass is 9.78. The summed E-state index contributed by atoms with van der Waals surface area (Å²) in [5.74, 6) is 0.943. The fraction of sp³-hybridized carbons (Fsp3) is 0.600. The number of β-amino-alcohol motifs (C(OH)–C–C–N with tert-alkyl or cyclic N) is 1. The van der Waals surface area contributed by atoms with Crippen molar-refractivity contribution >= 4 is 16.7 Å². The second-order valence-electron chi connectivity index (χ2n) is 9.31. The molecule has 2 aromatic rings. The van der Waals surface area contributed by atoms with Gasteiger partial charge in [-0.3, -0.25) is 14.7 Å². The molecular weight excluding hydrogens is 406 g/mol. The van der Waals surface area contributed by atoms with Gasteiger partial charge in [-0.25, -0.2) is 0 Å². The van der Waals surface area contributed by atoms with Crippen LogP contribution in [0, 0.1) is 0 Å². The predicted octanol–water partition coefficient (Wildman–Crippen LogP) is 2.61. The van der Waals surface area contributed by atoms with Gasteiger partial charge in [0.15, 0.2) is 0 Å². The van der Waals surface area contributed by atoms with Crippen molar-refractivity contribution in [1.29, 1.82) is 0 Å². The highest BCUT2D eigenvalue weighted by Gasteiger charge is 2.48. The van der Waals surface area contributed by atoms with Crippen LogP contribution in [-0.4, -0.2) is 82.9 Å². The van der Waals surface area contributed by atoms with Crippen LogP contribution in [0.1, 0.15) is 38.5 Å². The number of amides is 1. The van der Waals surface area contributed by atoms with E-state index >= 15 is 0 Å². The first kappa shape index (κ1) is 21.6. The van der Waals surface area contributed by atoms with Crippen LogP contribution in [0.15, 0.2) is 36.7 Å². The van der Waals surface area contributed by atoms with Crippen molar-refractivity contribution in [3.05, 3.63) is 36.7 Å². The normalized spacial score (nSPS) is 26.7. The summed E-state index contributed by atoms with van der Waals surface area (Å²) >= 11 is 0. The molecule has 1 N–H and O–H groups in total. The quantitative estimate of drug-likeness (QED) is 0.789. The maximum atomic E-state index is 13.8. The van der Waals surface area contributed by atoms with Gasteiger partial charge in [-0.05, 0) is 25.0 Å². The van der Waals surface area contributed by atoms with Gasteiger partial charge < -0.3 is 19.5 Å². The Hall–Kier alpha value is -2.22. The zero-order valence-corrected chi connectivity index (χ0v) is 18.6. The Balaban J connectivity index is 1.29. The smallest absolute Gasteiger partial charge is 0.243 e. The summed E-state index contributed by atoms with van der Waals surface area (Å²) in [7, 11) is 0. The Morgan fingerprint density at radius 2 is 1.94 bits per heavy atom. The molecule has 1 saturated carbocycles. The topological polar surface area (TPSA) is 75.1 Å². The van der Waals surface area contributed by atoms with Gasteiger partial charge >= 0.3 is 0 Å². The lowest BCUT2D eigenvalue weighted by molar-refractivity contribution is -0.156. The molecular formula is C25H33N3O4. The number of aliphatic hydroxyl groups excluding tert-OH is 1. The number of ether oxygens (including phenoxy) is 2. The van der Waals surface area contributed by atoms with E-state index in [2.05, 4.69) is 9.88 Å². The third-order valence-corrected chi connectivity index (χ3v) is 7.42. The molecule has 7 heteroatoms. The highest BCUT2D eigenvalue weighted by atomic mass is 16.5. The van der Waals surface area contributed by atoms with Crippen molar-refractivity contribution < 1.29 is 19.4 Å².